The molecule has 4 nitrogen and oxygen atoms in total. The van der Waals surface area contributed by atoms with Crippen molar-refractivity contribution in [3.63, 3.8) is 0 Å². The molecule has 0 amide bonds. The predicted molar refractivity (Wildman–Crippen MR) is 89.4 cm³/mol. The Morgan fingerprint density at radius 2 is 1.88 bits per heavy atom. The molecule has 0 aliphatic heterocycles. The normalized spacial score (nSPS) is 10.5. The molecule has 0 aliphatic carbocycles. The van der Waals surface area contributed by atoms with Crippen molar-refractivity contribution in [2.24, 2.45) is 0 Å². The second-order valence-electron chi connectivity index (χ2n) is 5.30. The van der Waals surface area contributed by atoms with Gasteiger partial charge in [0.05, 0.1) is 0 Å². The zero-order valence-electron chi connectivity index (χ0n) is 12.9. The van der Waals surface area contributed by atoms with Gasteiger partial charge in [0, 0.05) is 30.9 Å². The van der Waals surface area contributed by atoms with E-state index < -0.39 is 0 Å². The Hall–Kier alpha value is -2.92. The Balaban J connectivity index is 1.65. The van der Waals surface area contributed by atoms with Gasteiger partial charge in [0.2, 0.25) is 5.88 Å². The average molecular weight is 324 g/mol. The minimum absolute atomic E-state index is 0.241. The first-order chi connectivity index (χ1) is 11.7. The molecule has 5 heteroatoms. The third kappa shape index (κ3) is 4.30. The fourth-order valence-corrected chi connectivity index (χ4v) is 2.30. The van der Waals surface area contributed by atoms with Crippen molar-refractivity contribution < 1.29 is 14.2 Å². The summed E-state index contributed by atoms with van der Waals surface area (Å²) in [4.78, 5) is 4.22. The number of pyridine rings is 1. The highest BCUT2D eigenvalue weighted by atomic mass is 19.1. The van der Waals surface area contributed by atoms with Crippen LogP contribution < -0.4 is 10.1 Å². The van der Waals surface area contributed by atoms with E-state index >= 15 is 0 Å². The first kappa shape index (κ1) is 16.0. The van der Waals surface area contributed by atoms with E-state index in [9.17, 15) is 9.50 Å². The molecule has 0 saturated heterocycles. The van der Waals surface area contributed by atoms with Crippen LogP contribution in [0.15, 0.2) is 66.9 Å². The van der Waals surface area contributed by atoms with E-state index in [4.69, 9.17) is 4.74 Å². The van der Waals surface area contributed by atoms with Crippen LogP contribution in [0.4, 0.5) is 4.39 Å². The molecule has 122 valence electrons. The van der Waals surface area contributed by atoms with Crippen LogP contribution in [0.25, 0.3) is 0 Å². The minimum atomic E-state index is -0.355. The van der Waals surface area contributed by atoms with Crippen LogP contribution in [0.3, 0.4) is 0 Å². The van der Waals surface area contributed by atoms with Crippen molar-refractivity contribution in [1.82, 2.24) is 10.3 Å². The average Bonchev–Trinajstić information content (AvgIpc) is 2.57. The highest BCUT2D eigenvalue weighted by Gasteiger charge is 2.07. The summed E-state index contributed by atoms with van der Waals surface area (Å²) in [5, 5.41) is 12.7. The highest BCUT2D eigenvalue weighted by molar-refractivity contribution is 5.32. The maximum absolute atomic E-state index is 13.3. The topological polar surface area (TPSA) is 54.4 Å². The Labute approximate surface area is 139 Å². The molecule has 0 radical (unpaired) electrons. The van der Waals surface area contributed by atoms with Crippen LogP contribution in [-0.2, 0) is 13.1 Å². The molecule has 2 aromatic carbocycles. The van der Waals surface area contributed by atoms with E-state index in [1.807, 2.05) is 18.2 Å². The molecule has 0 fully saturated rings. The van der Waals surface area contributed by atoms with Crippen molar-refractivity contribution in [2.45, 2.75) is 13.1 Å². The van der Waals surface area contributed by atoms with Gasteiger partial charge in [0.15, 0.2) is 0 Å². The number of aromatic nitrogens is 1. The quantitative estimate of drug-likeness (QED) is 0.719. The summed E-state index contributed by atoms with van der Waals surface area (Å²) in [5.74, 6) is 0.729. The van der Waals surface area contributed by atoms with Crippen molar-refractivity contribution in [1.29, 1.82) is 0 Å². The largest absolute Gasteiger partial charge is 0.508 e. The first-order valence-corrected chi connectivity index (χ1v) is 7.56. The molecule has 24 heavy (non-hydrogen) atoms. The summed E-state index contributed by atoms with van der Waals surface area (Å²) >= 11 is 0. The Bertz CT molecular complexity index is 824. The molecule has 0 aliphatic rings. The fourth-order valence-electron chi connectivity index (χ4n) is 2.30. The number of ether oxygens (including phenoxy) is 1. The van der Waals surface area contributed by atoms with Crippen LogP contribution in [0.2, 0.25) is 0 Å². The Morgan fingerprint density at radius 3 is 2.71 bits per heavy atom. The van der Waals surface area contributed by atoms with E-state index in [-0.39, 0.29) is 11.6 Å². The lowest BCUT2D eigenvalue weighted by Crippen LogP contribution is -2.13. The van der Waals surface area contributed by atoms with Gasteiger partial charge in [0.1, 0.15) is 17.3 Å². The van der Waals surface area contributed by atoms with Gasteiger partial charge in [-0.2, -0.15) is 0 Å². The number of halogens is 1. The lowest BCUT2D eigenvalue weighted by atomic mass is 10.2. The standard InChI is InChI=1S/C19H17FN2O2/c20-16-6-2-8-18(11-16)24-19-15(5-3-9-22-19)13-21-12-14-4-1-7-17(23)10-14/h1-11,21,23H,12-13H2. The number of benzene rings is 2. The highest BCUT2D eigenvalue weighted by Crippen LogP contribution is 2.23. The van der Waals surface area contributed by atoms with Gasteiger partial charge in [-0.3, -0.25) is 0 Å². The fraction of sp³-hybridized carbons (Fsp3) is 0.105. The molecular weight excluding hydrogens is 307 g/mol. The van der Waals surface area contributed by atoms with Crippen LogP contribution in [0.1, 0.15) is 11.1 Å². The molecule has 3 rings (SSSR count). The van der Waals surface area contributed by atoms with E-state index in [0.29, 0.717) is 24.7 Å². The van der Waals surface area contributed by atoms with Crippen molar-refractivity contribution in [2.75, 3.05) is 0 Å². The second kappa shape index (κ2) is 7.57. The third-order valence-corrected chi connectivity index (χ3v) is 3.42. The van der Waals surface area contributed by atoms with Crippen molar-refractivity contribution in [3.05, 3.63) is 83.8 Å². The number of hydrogen-bond donors (Lipinski definition) is 2. The van der Waals surface area contributed by atoms with Gasteiger partial charge in [-0.1, -0.05) is 24.3 Å². The van der Waals surface area contributed by atoms with Gasteiger partial charge in [-0.15, -0.1) is 0 Å². The zero-order chi connectivity index (χ0) is 16.8. The maximum Gasteiger partial charge on any atom is 0.223 e. The van der Waals surface area contributed by atoms with Crippen molar-refractivity contribution in [3.8, 4) is 17.4 Å². The van der Waals surface area contributed by atoms with Crippen molar-refractivity contribution >= 4 is 0 Å². The minimum Gasteiger partial charge on any atom is -0.508 e. The van der Waals surface area contributed by atoms with Gasteiger partial charge in [-0.25, -0.2) is 9.37 Å². The number of rotatable bonds is 6. The molecule has 0 spiro atoms. The summed E-state index contributed by atoms with van der Waals surface area (Å²) in [7, 11) is 0. The summed E-state index contributed by atoms with van der Waals surface area (Å²) in [5.41, 5.74) is 1.84. The molecule has 0 bridgehead atoms. The molecule has 1 aromatic heterocycles. The Morgan fingerprint density at radius 1 is 1.00 bits per heavy atom. The zero-order valence-corrected chi connectivity index (χ0v) is 12.9. The summed E-state index contributed by atoms with van der Waals surface area (Å²) in [6.07, 6.45) is 1.63. The van der Waals surface area contributed by atoms with Crippen LogP contribution >= 0.6 is 0 Å². The predicted octanol–water partition coefficient (Wildman–Crippen LogP) is 4.01. The molecular formula is C19H17FN2O2. The molecule has 1 heterocycles. The molecule has 3 aromatic rings. The maximum atomic E-state index is 13.3. The second-order valence-corrected chi connectivity index (χ2v) is 5.30. The van der Waals surface area contributed by atoms with E-state index in [1.54, 1.807) is 36.5 Å². The van der Waals surface area contributed by atoms with E-state index in [2.05, 4.69) is 10.3 Å². The number of hydrogen-bond acceptors (Lipinski definition) is 4. The van der Waals surface area contributed by atoms with Gasteiger partial charge < -0.3 is 15.2 Å². The third-order valence-electron chi connectivity index (χ3n) is 3.42. The number of phenolic OH excluding ortho intramolecular Hbond substituents is 1. The van der Waals surface area contributed by atoms with Gasteiger partial charge >= 0.3 is 0 Å². The molecule has 0 saturated carbocycles. The molecule has 0 atom stereocenters. The molecule has 2 N–H and O–H groups in total. The Kier molecular flexibility index (Phi) is 5.03. The van der Waals surface area contributed by atoms with Crippen LogP contribution in [0, 0.1) is 5.82 Å². The SMILES string of the molecule is Oc1cccc(CNCc2cccnc2Oc2cccc(F)c2)c1. The summed E-state index contributed by atoms with van der Waals surface area (Å²) < 4.78 is 18.9. The molecule has 0 unspecified atom stereocenters. The number of nitrogens with zero attached hydrogens (tertiary/aromatic N) is 1. The lowest BCUT2D eigenvalue weighted by molar-refractivity contribution is 0.448. The van der Waals surface area contributed by atoms with E-state index in [0.717, 1.165) is 11.1 Å². The first-order valence-electron chi connectivity index (χ1n) is 7.56. The van der Waals surface area contributed by atoms with E-state index in [1.165, 1.54) is 12.1 Å². The van der Waals surface area contributed by atoms with Gasteiger partial charge in [-0.05, 0) is 35.9 Å². The number of nitrogens with one attached hydrogen (secondary N) is 1. The number of aromatic hydroxyl groups is 1. The van der Waals surface area contributed by atoms with Gasteiger partial charge in [0.25, 0.3) is 0 Å². The van der Waals surface area contributed by atoms with Crippen LogP contribution in [-0.4, -0.2) is 10.1 Å². The summed E-state index contributed by atoms with van der Waals surface area (Å²) in [6.45, 7) is 1.14. The van der Waals surface area contributed by atoms with Crippen LogP contribution in [0.5, 0.6) is 17.4 Å². The monoisotopic (exact) mass is 324 g/mol. The number of phenols is 1. The lowest BCUT2D eigenvalue weighted by Gasteiger charge is -2.11. The smallest absolute Gasteiger partial charge is 0.223 e. The summed E-state index contributed by atoms with van der Waals surface area (Å²) in [6, 6.07) is 16.8.